The van der Waals surface area contributed by atoms with Crippen LogP contribution in [-0.4, -0.2) is 21.7 Å². The van der Waals surface area contributed by atoms with Gasteiger partial charge in [-0.1, -0.05) is 139 Å². The first-order valence-electron chi connectivity index (χ1n) is 13.1. The molecule has 0 aromatic carbocycles. The van der Waals surface area contributed by atoms with Crippen molar-refractivity contribution >= 4 is 54.5 Å². The molecule has 2 nitrogen and oxygen atoms in total. The highest BCUT2D eigenvalue weighted by Crippen LogP contribution is 2.40. The minimum Gasteiger partial charge on any atom is -0.130 e. The lowest BCUT2D eigenvalue weighted by Crippen LogP contribution is -2.03. The Hall–Kier alpha value is 0.960. The maximum Gasteiger partial charge on any atom is 0.185 e. The van der Waals surface area contributed by atoms with Crippen LogP contribution in [0.25, 0.3) is 0 Å². The molecule has 0 spiro atoms. The lowest BCUT2D eigenvalue weighted by atomic mass is 9.89. The van der Waals surface area contributed by atoms with Crippen LogP contribution in [0.5, 0.6) is 0 Å². The van der Waals surface area contributed by atoms with E-state index in [2.05, 4.69) is 51.7 Å². The summed E-state index contributed by atoms with van der Waals surface area (Å²) in [4.78, 5) is 0. The summed E-state index contributed by atoms with van der Waals surface area (Å²) >= 11 is 1.75. The third-order valence-corrected chi connectivity index (χ3v) is 11.9. The Labute approximate surface area is 226 Å². The summed E-state index contributed by atoms with van der Waals surface area (Å²) in [7, 11) is 7.51. The van der Waals surface area contributed by atoms with Gasteiger partial charge < -0.3 is 0 Å². The molecule has 0 bridgehead atoms. The van der Waals surface area contributed by atoms with Crippen molar-refractivity contribution in [1.82, 2.24) is 10.2 Å². The average Bonchev–Trinajstić information content (AvgIpc) is 3.17. The van der Waals surface area contributed by atoms with Crippen molar-refractivity contribution in [3.8, 4) is 0 Å². The Bertz CT molecular complexity index is 529. The van der Waals surface area contributed by atoms with Gasteiger partial charge in [0.05, 0.1) is 0 Å². The number of rotatable bonds is 20. The lowest BCUT2D eigenvalue weighted by molar-refractivity contribution is 0.356. The van der Waals surface area contributed by atoms with Crippen molar-refractivity contribution < 1.29 is 0 Å². The van der Waals surface area contributed by atoms with Crippen molar-refractivity contribution in [2.24, 2.45) is 10.8 Å². The van der Waals surface area contributed by atoms with Gasteiger partial charge in [0.2, 0.25) is 0 Å². The van der Waals surface area contributed by atoms with E-state index in [0.29, 0.717) is 10.8 Å². The van der Waals surface area contributed by atoms with Crippen LogP contribution in [0.4, 0.5) is 0 Å². The van der Waals surface area contributed by atoms with Crippen LogP contribution in [0.3, 0.4) is 0 Å². The third-order valence-electron chi connectivity index (χ3n) is 5.46. The number of unbranched alkanes of at least 4 members (excludes halogenated alkanes) is 10. The van der Waals surface area contributed by atoms with Crippen LogP contribution in [0, 0.1) is 10.8 Å². The molecule has 0 N–H and O–H groups in total. The van der Waals surface area contributed by atoms with Gasteiger partial charge in [-0.2, -0.15) is 0 Å². The van der Waals surface area contributed by atoms with E-state index in [1.165, 1.54) is 101 Å². The average molecular weight is 551 g/mol. The maximum absolute atomic E-state index is 4.35. The van der Waals surface area contributed by atoms with Gasteiger partial charge >= 0.3 is 0 Å². The normalized spacial score (nSPS) is 12.5. The molecular weight excluding hydrogens is 501 g/mol. The van der Waals surface area contributed by atoms with E-state index in [4.69, 9.17) is 0 Å². The number of aromatic nitrogens is 2. The van der Waals surface area contributed by atoms with Crippen LogP contribution in [-0.2, 0) is 0 Å². The molecule has 1 aromatic rings. The zero-order valence-electron chi connectivity index (χ0n) is 22.2. The molecule has 0 saturated carbocycles. The molecule has 0 aliphatic heterocycles. The van der Waals surface area contributed by atoms with Gasteiger partial charge in [0.15, 0.2) is 8.68 Å². The summed E-state index contributed by atoms with van der Waals surface area (Å²) < 4.78 is 2.22. The predicted molar refractivity (Wildman–Crippen MR) is 160 cm³/mol. The van der Waals surface area contributed by atoms with Gasteiger partial charge in [-0.05, 0) is 58.1 Å². The summed E-state index contributed by atoms with van der Waals surface area (Å²) in [6.45, 7) is 14.1. The Balaban J connectivity index is 1.89. The van der Waals surface area contributed by atoms with Crippen molar-refractivity contribution in [2.75, 3.05) is 11.5 Å². The molecule has 0 atom stereocenters. The fourth-order valence-electron chi connectivity index (χ4n) is 3.50. The first-order chi connectivity index (χ1) is 15.7. The highest BCUT2D eigenvalue weighted by atomic mass is 33.1. The molecule has 0 saturated heterocycles. The Kier molecular flexibility index (Phi) is 18.5. The SMILES string of the molecule is CC(C)(C)CCCCCCCCSSc1nnc(SSCCCCCCCCC(C)(C)C)s1. The first kappa shape index (κ1) is 32.0. The van der Waals surface area contributed by atoms with Gasteiger partial charge in [0.25, 0.3) is 0 Å². The molecule has 33 heavy (non-hydrogen) atoms. The van der Waals surface area contributed by atoms with Gasteiger partial charge in [-0.15, -0.1) is 10.2 Å². The van der Waals surface area contributed by atoms with Gasteiger partial charge in [0.1, 0.15) is 0 Å². The van der Waals surface area contributed by atoms with Crippen LogP contribution >= 0.6 is 54.5 Å². The maximum atomic E-state index is 4.35. The molecular formula is C26H50N2S5. The predicted octanol–water partition coefficient (Wildman–Crippen LogP) is 11.6. The van der Waals surface area contributed by atoms with E-state index >= 15 is 0 Å². The standard InChI is InChI=1S/C26H50N2S5/c1-25(2,3)19-15-11-7-9-13-17-21-29-32-23-27-28-24(31-23)33-30-22-18-14-10-8-12-16-20-26(4,5)6/h7-22H2,1-6H3. The smallest absolute Gasteiger partial charge is 0.130 e. The quantitative estimate of drug-likeness (QED) is 0.118. The summed E-state index contributed by atoms with van der Waals surface area (Å²) in [5, 5.41) is 8.71. The largest absolute Gasteiger partial charge is 0.185 e. The molecule has 0 amide bonds. The Morgan fingerprint density at radius 2 is 0.848 bits per heavy atom. The molecule has 0 aliphatic rings. The van der Waals surface area contributed by atoms with Crippen LogP contribution in [0.1, 0.15) is 131 Å². The second-order valence-corrected chi connectivity index (χ2v) is 17.8. The second-order valence-electron chi connectivity index (χ2n) is 11.5. The molecule has 0 radical (unpaired) electrons. The molecule has 1 rings (SSSR count). The second kappa shape index (κ2) is 19.1. The zero-order chi connectivity index (χ0) is 24.4. The topological polar surface area (TPSA) is 25.8 Å². The van der Waals surface area contributed by atoms with E-state index in [1.807, 2.05) is 43.2 Å². The molecule has 1 aromatic heterocycles. The first-order valence-corrected chi connectivity index (χ1v) is 18.5. The van der Waals surface area contributed by atoms with Gasteiger partial charge in [-0.25, -0.2) is 0 Å². The minimum absolute atomic E-state index is 0.501. The summed E-state index contributed by atoms with van der Waals surface area (Å²) in [6.07, 6.45) is 19.3. The lowest BCUT2D eigenvalue weighted by Gasteiger charge is -2.17. The number of nitrogens with zero attached hydrogens (tertiary/aromatic N) is 2. The van der Waals surface area contributed by atoms with Crippen molar-refractivity contribution in [3.05, 3.63) is 0 Å². The Morgan fingerprint density at radius 1 is 0.515 bits per heavy atom. The monoisotopic (exact) mass is 550 g/mol. The molecule has 0 aliphatic carbocycles. The van der Waals surface area contributed by atoms with E-state index in [0.717, 1.165) is 8.68 Å². The molecule has 1 heterocycles. The molecule has 7 heteroatoms. The summed E-state index contributed by atoms with van der Waals surface area (Å²) in [5.41, 5.74) is 1.00. The fraction of sp³-hybridized carbons (Fsp3) is 0.923. The summed E-state index contributed by atoms with van der Waals surface area (Å²) in [6, 6.07) is 0. The zero-order valence-corrected chi connectivity index (χ0v) is 26.3. The van der Waals surface area contributed by atoms with E-state index < -0.39 is 0 Å². The fourth-order valence-corrected chi connectivity index (χ4v) is 9.36. The van der Waals surface area contributed by atoms with E-state index in [-0.39, 0.29) is 0 Å². The highest BCUT2D eigenvalue weighted by Gasteiger charge is 2.10. The molecule has 0 unspecified atom stereocenters. The van der Waals surface area contributed by atoms with E-state index in [9.17, 15) is 0 Å². The van der Waals surface area contributed by atoms with Crippen molar-refractivity contribution in [3.63, 3.8) is 0 Å². The van der Waals surface area contributed by atoms with E-state index in [1.54, 1.807) is 11.3 Å². The highest BCUT2D eigenvalue weighted by molar-refractivity contribution is 8.77. The minimum atomic E-state index is 0.501. The van der Waals surface area contributed by atoms with Gasteiger partial charge in [-0.3, -0.25) is 0 Å². The van der Waals surface area contributed by atoms with Crippen LogP contribution in [0.15, 0.2) is 8.68 Å². The van der Waals surface area contributed by atoms with Crippen molar-refractivity contribution in [2.45, 2.75) is 140 Å². The third kappa shape index (κ3) is 21.9. The van der Waals surface area contributed by atoms with Crippen LogP contribution in [0.2, 0.25) is 0 Å². The van der Waals surface area contributed by atoms with Crippen molar-refractivity contribution in [1.29, 1.82) is 0 Å². The van der Waals surface area contributed by atoms with Crippen LogP contribution < -0.4 is 0 Å². The number of hydrogen-bond donors (Lipinski definition) is 0. The molecule has 194 valence electrons. The summed E-state index contributed by atoms with van der Waals surface area (Å²) in [5.74, 6) is 2.44. The van der Waals surface area contributed by atoms with Gasteiger partial charge in [0, 0.05) is 11.5 Å². The molecule has 0 fully saturated rings. The Morgan fingerprint density at radius 3 is 1.21 bits per heavy atom. The number of hydrogen-bond acceptors (Lipinski definition) is 7.